The van der Waals surface area contributed by atoms with Gasteiger partial charge in [0.15, 0.2) is 5.84 Å². The van der Waals surface area contributed by atoms with Crippen LogP contribution in [0.4, 0.5) is 11.4 Å². The van der Waals surface area contributed by atoms with Crippen molar-refractivity contribution in [1.82, 2.24) is 0 Å². The van der Waals surface area contributed by atoms with Crippen molar-refractivity contribution in [2.75, 3.05) is 10.2 Å². The predicted molar refractivity (Wildman–Crippen MR) is 117 cm³/mol. The summed E-state index contributed by atoms with van der Waals surface area (Å²) in [6, 6.07) is 20.0. The second kappa shape index (κ2) is 6.76. The quantitative estimate of drug-likeness (QED) is 0.499. The number of amidine groups is 1. The molecule has 29 heavy (non-hydrogen) atoms. The minimum Gasteiger partial charge on any atom is -0.349 e. The zero-order chi connectivity index (χ0) is 20.2. The number of carbonyl (C=O) groups excluding carboxylic acids is 1. The van der Waals surface area contributed by atoms with Crippen LogP contribution in [0.3, 0.4) is 0 Å². The lowest BCUT2D eigenvalue weighted by atomic mass is 10.00. The molecule has 1 spiro atoms. The van der Waals surface area contributed by atoms with Crippen molar-refractivity contribution >= 4 is 62.2 Å². The highest BCUT2D eigenvalue weighted by Crippen LogP contribution is 2.48. The fraction of sp³-hybridized carbons (Fsp3) is 0.0476. The molecule has 5 rings (SSSR count). The number of anilines is 2. The second-order valence-electron chi connectivity index (χ2n) is 6.62. The Hall–Kier alpha value is -2.54. The number of hydrogen-bond donors (Lipinski definition) is 1. The van der Waals surface area contributed by atoms with Gasteiger partial charge in [-0.3, -0.25) is 9.69 Å². The van der Waals surface area contributed by atoms with Gasteiger partial charge in [-0.2, -0.15) is 0 Å². The van der Waals surface area contributed by atoms with Gasteiger partial charge < -0.3 is 10.2 Å². The molecule has 0 fully saturated rings. The third-order valence-electron chi connectivity index (χ3n) is 4.84. The number of nitrogens with one attached hydrogen (secondary N) is 1. The lowest BCUT2D eigenvalue weighted by Crippen LogP contribution is -2.51. The van der Waals surface area contributed by atoms with Crippen molar-refractivity contribution in [3.05, 3.63) is 92.4 Å². The Morgan fingerprint density at radius 1 is 1.00 bits per heavy atom. The normalized spacial score (nSPS) is 19.8. The van der Waals surface area contributed by atoms with Crippen LogP contribution in [-0.2, 0) is 15.4 Å². The summed E-state index contributed by atoms with van der Waals surface area (Å²) in [5.74, 6) is 0.115. The van der Waals surface area contributed by atoms with E-state index in [4.69, 9.17) is 28.0 Å². The van der Waals surface area contributed by atoms with Gasteiger partial charge in [0.1, 0.15) is 0 Å². The first-order valence-electron chi connectivity index (χ1n) is 8.68. The van der Waals surface area contributed by atoms with E-state index in [-0.39, 0.29) is 5.91 Å². The lowest BCUT2D eigenvalue weighted by Gasteiger charge is -2.32. The molecule has 0 bridgehead atoms. The number of oxime groups is 1. The molecule has 2 aliphatic rings. The molecule has 3 aromatic carbocycles. The Kier molecular flexibility index (Phi) is 4.31. The molecule has 5 nitrogen and oxygen atoms in total. The Morgan fingerprint density at radius 2 is 1.76 bits per heavy atom. The van der Waals surface area contributed by atoms with Crippen LogP contribution in [0, 0.1) is 0 Å². The van der Waals surface area contributed by atoms with Crippen LogP contribution in [0.25, 0.3) is 0 Å². The van der Waals surface area contributed by atoms with Crippen LogP contribution in [0.2, 0.25) is 10.0 Å². The third-order valence-corrected chi connectivity index (χ3v) is 5.81. The van der Waals surface area contributed by atoms with E-state index in [1.807, 2.05) is 42.5 Å². The summed E-state index contributed by atoms with van der Waals surface area (Å²) >= 11 is 15.9. The van der Waals surface area contributed by atoms with E-state index in [9.17, 15) is 4.79 Å². The molecular weight excluding hydrogens is 477 g/mol. The first-order valence-corrected chi connectivity index (χ1v) is 10.2. The third kappa shape index (κ3) is 2.82. The molecule has 0 saturated carbocycles. The highest BCUT2D eigenvalue weighted by molar-refractivity contribution is 9.10. The number of amides is 1. The highest BCUT2D eigenvalue weighted by atomic mass is 79.9. The molecule has 2 aliphatic heterocycles. The van der Waals surface area contributed by atoms with Gasteiger partial charge in [0.25, 0.3) is 5.91 Å². The molecule has 0 radical (unpaired) electrons. The minimum absolute atomic E-state index is 0.341. The van der Waals surface area contributed by atoms with Gasteiger partial charge in [-0.1, -0.05) is 62.5 Å². The maximum atomic E-state index is 13.3. The molecule has 1 amide bonds. The molecular formula is C21H12BrCl2N3O2. The van der Waals surface area contributed by atoms with Gasteiger partial charge in [-0.15, -0.1) is 0 Å². The smallest absolute Gasteiger partial charge is 0.322 e. The molecule has 144 valence electrons. The first kappa shape index (κ1) is 18.5. The van der Waals surface area contributed by atoms with Crippen molar-refractivity contribution in [1.29, 1.82) is 0 Å². The summed E-state index contributed by atoms with van der Waals surface area (Å²) in [4.78, 5) is 20.9. The molecule has 3 aromatic rings. The minimum atomic E-state index is -1.50. The number of benzene rings is 3. The van der Waals surface area contributed by atoms with Gasteiger partial charge in [0, 0.05) is 25.8 Å². The van der Waals surface area contributed by atoms with E-state index >= 15 is 0 Å². The van der Waals surface area contributed by atoms with E-state index in [0.717, 1.165) is 4.47 Å². The second-order valence-corrected chi connectivity index (χ2v) is 8.41. The van der Waals surface area contributed by atoms with Crippen LogP contribution in [0.1, 0.15) is 11.1 Å². The van der Waals surface area contributed by atoms with E-state index < -0.39 is 5.72 Å². The zero-order valence-corrected chi connectivity index (χ0v) is 17.8. The number of rotatable bonds is 2. The summed E-state index contributed by atoms with van der Waals surface area (Å²) < 4.78 is 0.818. The van der Waals surface area contributed by atoms with E-state index in [0.29, 0.717) is 38.4 Å². The van der Waals surface area contributed by atoms with Gasteiger partial charge >= 0.3 is 5.72 Å². The standard InChI is InChI=1S/C21H12BrCl2N3O2/c22-13-7-8-18-17(10-13)21(20(28)25-18)27(16-6-2-5-15(24)11-16)19(26-29-21)12-3-1-4-14(23)9-12/h1-11H,(H,25,28)/t21-/m0/s1. The van der Waals surface area contributed by atoms with E-state index in [2.05, 4.69) is 26.4 Å². The van der Waals surface area contributed by atoms with Crippen LogP contribution >= 0.6 is 39.1 Å². The Balaban J connectivity index is 1.76. The number of fused-ring (bicyclic) bond motifs is 2. The molecule has 0 aliphatic carbocycles. The summed E-state index contributed by atoms with van der Waals surface area (Å²) in [7, 11) is 0. The van der Waals surface area contributed by atoms with Crippen molar-refractivity contribution in [2.24, 2.45) is 5.16 Å². The summed E-state index contributed by atoms with van der Waals surface area (Å²) in [6.07, 6.45) is 0. The first-order chi connectivity index (χ1) is 14.0. The van der Waals surface area contributed by atoms with Crippen molar-refractivity contribution < 1.29 is 9.63 Å². The molecule has 8 heteroatoms. The lowest BCUT2D eigenvalue weighted by molar-refractivity contribution is -0.137. The van der Waals surface area contributed by atoms with Crippen LogP contribution in [-0.4, -0.2) is 11.7 Å². The average Bonchev–Trinajstić information content (AvgIpc) is 3.22. The molecule has 2 heterocycles. The zero-order valence-electron chi connectivity index (χ0n) is 14.7. The monoisotopic (exact) mass is 487 g/mol. The SMILES string of the molecule is O=C1Nc2ccc(Br)cc2[C@]12ON=C(c1cccc(Cl)c1)N2c1cccc(Cl)c1. The molecule has 1 N–H and O–H groups in total. The van der Waals surface area contributed by atoms with Crippen molar-refractivity contribution in [3.8, 4) is 0 Å². The van der Waals surface area contributed by atoms with Gasteiger partial charge in [-0.25, -0.2) is 0 Å². The largest absolute Gasteiger partial charge is 0.349 e. The van der Waals surface area contributed by atoms with Crippen LogP contribution in [0.5, 0.6) is 0 Å². The average molecular weight is 489 g/mol. The maximum Gasteiger partial charge on any atom is 0.322 e. The number of carbonyl (C=O) groups is 1. The number of halogens is 3. The molecule has 1 atom stereocenters. The Morgan fingerprint density at radius 3 is 2.52 bits per heavy atom. The predicted octanol–water partition coefficient (Wildman–Crippen LogP) is 5.76. The maximum absolute atomic E-state index is 13.3. The Labute approximate surface area is 185 Å². The molecule has 0 aromatic heterocycles. The Bertz CT molecular complexity index is 1200. The fourth-order valence-electron chi connectivity index (χ4n) is 3.62. The molecule has 0 saturated heterocycles. The van der Waals surface area contributed by atoms with Crippen molar-refractivity contribution in [3.63, 3.8) is 0 Å². The van der Waals surface area contributed by atoms with E-state index in [1.165, 1.54) is 0 Å². The number of nitrogens with zero attached hydrogens (tertiary/aromatic N) is 2. The summed E-state index contributed by atoms with van der Waals surface area (Å²) in [6.45, 7) is 0. The fourth-order valence-corrected chi connectivity index (χ4v) is 4.35. The summed E-state index contributed by atoms with van der Waals surface area (Å²) in [5, 5.41) is 8.29. The number of hydrogen-bond acceptors (Lipinski definition) is 4. The van der Waals surface area contributed by atoms with Crippen molar-refractivity contribution in [2.45, 2.75) is 5.72 Å². The molecule has 0 unspecified atom stereocenters. The highest BCUT2D eigenvalue weighted by Gasteiger charge is 2.60. The van der Waals surface area contributed by atoms with Gasteiger partial charge in [0.05, 0.1) is 11.3 Å². The van der Waals surface area contributed by atoms with Crippen LogP contribution < -0.4 is 10.2 Å². The summed E-state index contributed by atoms with van der Waals surface area (Å²) in [5.41, 5.74) is 1.19. The van der Waals surface area contributed by atoms with Crippen LogP contribution in [0.15, 0.2) is 76.4 Å². The van der Waals surface area contributed by atoms with Gasteiger partial charge in [-0.05, 0) is 48.5 Å². The topological polar surface area (TPSA) is 53.9 Å². The van der Waals surface area contributed by atoms with Gasteiger partial charge in [0.2, 0.25) is 0 Å². The van der Waals surface area contributed by atoms with E-state index in [1.54, 1.807) is 29.2 Å².